The van der Waals surface area contributed by atoms with Crippen molar-refractivity contribution in [1.82, 2.24) is 117 Å². The quantitative estimate of drug-likeness (QED) is 0.0767. The maximum absolute atomic E-state index is 14.1. The Morgan fingerprint density at radius 3 is 0.922 bits per heavy atom. The second-order valence-corrected chi connectivity index (χ2v) is 32.7. The molecule has 1 aliphatic carbocycles. The van der Waals surface area contributed by atoms with Gasteiger partial charge in [0.2, 0.25) is 0 Å². The number of fused-ring (bicyclic) bond motifs is 6. The third-order valence-electron chi connectivity index (χ3n) is 22.9. The van der Waals surface area contributed by atoms with Crippen molar-refractivity contribution in [3.05, 3.63) is 435 Å². The van der Waals surface area contributed by atoms with E-state index in [1.807, 2.05) is 122 Å². The van der Waals surface area contributed by atoms with Gasteiger partial charge in [0.1, 0.15) is 17.5 Å². The van der Waals surface area contributed by atoms with Gasteiger partial charge in [-0.25, -0.2) is 78.9 Å². The molecule has 0 saturated heterocycles. The molecule has 6 aromatic carbocycles. The van der Waals surface area contributed by atoms with E-state index in [9.17, 15) is 35.1 Å². The summed E-state index contributed by atoms with van der Waals surface area (Å²) >= 11 is 5.90. The van der Waals surface area contributed by atoms with Gasteiger partial charge >= 0.3 is 6.18 Å². The smallest absolute Gasteiger partial charge is 0.256 e. The van der Waals surface area contributed by atoms with Crippen LogP contribution in [0.4, 0.5) is 35.1 Å². The number of aromatic nitrogens is 24. The lowest BCUT2D eigenvalue weighted by atomic mass is 10.00. The Labute approximate surface area is 802 Å². The molecule has 1 fully saturated rings. The predicted octanol–water partition coefficient (Wildman–Crippen LogP) is 24.6. The second-order valence-electron chi connectivity index (χ2n) is 32.3. The van der Waals surface area contributed by atoms with Crippen LogP contribution in [0.2, 0.25) is 5.02 Å². The summed E-state index contributed by atoms with van der Waals surface area (Å²) in [6, 6.07) is 77.8. The average Bonchev–Trinajstić information content (AvgIpc) is 1.57. The summed E-state index contributed by atoms with van der Waals surface area (Å²) in [5, 5.41) is 24.9. The molecule has 0 aliphatic heterocycles. The molecular weight excluding hydrogens is 1820 g/mol. The van der Waals surface area contributed by atoms with E-state index < -0.39 is 35.0 Å². The van der Waals surface area contributed by atoms with Gasteiger partial charge in [0, 0.05) is 184 Å². The Kier molecular flexibility index (Phi) is 25.6. The molecule has 688 valence electrons. The molecule has 141 heavy (non-hydrogen) atoms. The molecular formula is C108H73ClF8N24. The number of aryl methyl sites for hydroxylation is 2. The number of benzene rings is 6. The van der Waals surface area contributed by atoms with Gasteiger partial charge in [0.05, 0.1) is 116 Å². The van der Waals surface area contributed by atoms with Gasteiger partial charge < -0.3 is 0 Å². The summed E-state index contributed by atoms with van der Waals surface area (Å²) < 4.78 is 117. The molecule has 24 aromatic rings. The number of hydrogen-bond donors (Lipinski definition) is 0. The lowest BCUT2D eigenvalue weighted by Crippen LogP contribution is -2.04. The van der Waals surface area contributed by atoms with Crippen molar-refractivity contribution >= 4 is 45.5 Å². The van der Waals surface area contributed by atoms with Crippen LogP contribution in [0.15, 0.2) is 378 Å². The minimum atomic E-state index is -4.40. The molecule has 18 heterocycles. The van der Waals surface area contributed by atoms with E-state index in [-0.39, 0.29) is 22.1 Å². The van der Waals surface area contributed by atoms with Crippen LogP contribution in [-0.4, -0.2) is 117 Å². The third-order valence-corrected chi connectivity index (χ3v) is 23.2. The Morgan fingerprint density at radius 2 is 0.574 bits per heavy atom. The zero-order valence-corrected chi connectivity index (χ0v) is 75.2. The highest BCUT2D eigenvalue weighted by Crippen LogP contribution is 2.43. The molecule has 33 heteroatoms. The summed E-state index contributed by atoms with van der Waals surface area (Å²) in [6.45, 7) is 3.83. The van der Waals surface area contributed by atoms with Crippen LogP contribution in [0.5, 0.6) is 0 Å². The summed E-state index contributed by atoms with van der Waals surface area (Å²) in [6.07, 6.45) is 29.5. The molecule has 1 aliphatic rings. The Balaban J connectivity index is 0.000000104. The molecule has 1 saturated carbocycles. The van der Waals surface area contributed by atoms with Crippen LogP contribution >= 0.6 is 11.6 Å². The lowest BCUT2D eigenvalue weighted by molar-refractivity contribution is -0.137. The summed E-state index contributed by atoms with van der Waals surface area (Å²) in [4.78, 5) is 54.1. The van der Waals surface area contributed by atoms with Crippen LogP contribution in [0.25, 0.3) is 169 Å². The van der Waals surface area contributed by atoms with Crippen LogP contribution in [0.1, 0.15) is 41.0 Å². The van der Waals surface area contributed by atoms with E-state index >= 15 is 0 Å². The lowest BCUT2D eigenvalue weighted by Gasteiger charge is -2.11. The zero-order chi connectivity index (χ0) is 96.6. The van der Waals surface area contributed by atoms with Crippen molar-refractivity contribution in [2.24, 2.45) is 0 Å². The van der Waals surface area contributed by atoms with Gasteiger partial charge in [-0.15, -0.1) is 0 Å². The SMILES string of the molecule is Cc1cc(-c2ncccc2-c2ccn3nccc3n2)ccc1F.Cc1cccc(-c2ncccc2-c2ccn3nccc3n2)c1.FC(F)(F)c1cccc(-c2ncccc2-c2ccn3nccc3n2)c1.Fc1cc(F)c(-c2ncccc2-c2ccn3nccc3n2)cc1F.Fc1ccc(-c2ncccc2-c2ccn3nccc3n2)cc1Cl.c1cc(-c2ncccc2-c2ccn3nccc3n2)cc(C2CC2)c1. The third kappa shape index (κ3) is 20.1. The fourth-order valence-corrected chi connectivity index (χ4v) is 16.1. The van der Waals surface area contributed by atoms with Gasteiger partial charge in [-0.05, 0) is 220 Å². The Bertz CT molecular complexity index is 8550. The van der Waals surface area contributed by atoms with Crippen LogP contribution < -0.4 is 0 Å². The molecule has 0 amide bonds. The molecule has 18 aromatic heterocycles. The van der Waals surface area contributed by atoms with Crippen molar-refractivity contribution in [3.63, 3.8) is 0 Å². The first-order chi connectivity index (χ1) is 68.8. The molecule has 0 radical (unpaired) electrons. The Hall–Kier alpha value is -18.3. The van der Waals surface area contributed by atoms with E-state index in [1.54, 1.807) is 181 Å². The van der Waals surface area contributed by atoms with Crippen LogP contribution in [0.3, 0.4) is 0 Å². The molecule has 0 N–H and O–H groups in total. The number of hydrogen-bond acceptors (Lipinski definition) is 18. The van der Waals surface area contributed by atoms with Crippen LogP contribution in [0, 0.1) is 42.9 Å². The van der Waals surface area contributed by atoms with Gasteiger partial charge in [-0.2, -0.15) is 43.8 Å². The average molecular weight is 1890 g/mol. The van der Waals surface area contributed by atoms with Crippen molar-refractivity contribution < 1.29 is 35.1 Å². The number of rotatable bonds is 13. The minimum Gasteiger partial charge on any atom is -0.256 e. The molecule has 0 unspecified atom stereocenters. The van der Waals surface area contributed by atoms with E-state index in [0.717, 1.165) is 131 Å². The highest BCUT2D eigenvalue weighted by Gasteiger charge is 2.31. The number of nitrogens with zero attached hydrogens (tertiary/aromatic N) is 24. The van der Waals surface area contributed by atoms with E-state index in [2.05, 4.69) is 153 Å². The maximum Gasteiger partial charge on any atom is 0.416 e. The van der Waals surface area contributed by atoms with E-state index in [0.29, 0.717) is 62.4 Å². The van der Waals surface area contributed by atoms with Crippen molar-refractivity contribution in [1.29, 1.82) is 0 Å². The summed E-state index contributed by atoms with van der Waals surface area (Å²) in [5.41, 5.74) is 24.7. The van der Waals surface area contributed by atoms with Crippen molar-refractivity contribution in [3.8, 4) is 135 Å². The molecule has 0 atom stereocenters. The van der Waals surface area contributed by atoms with Gasteiger partial charge in [0.25, 0.3) is 0 Å². The second kappa shape index (κ2) is 39.9. The summed E-state index contributed by atoms with van der Waals surface area (Å²) in [5.74, 6) is -3.20. The normalized spacial score (nSPS) is 11.7. The standard InChI is InChI=1S/C20H16N4.C18H11F3N4.C18H13FN4.C18H14N4.C17H10ClFN4.C17H9F3N4/c1-3-15(14-6-7-14)13-16(4-1)20-17(5-2-10-21-20)18-9-12-24-19(23-18)8-11-22-24;19-18(20,21)13-4-1-3-12(11-13)17-14(5-2-8-22-17)15-7-10-25-16(24-15)6-9-23-25;1-12-11-13(4-5-15(12)19)18-14(3-2-8-20-18)16-7-10-23-17(22-16)6-9-21-23;1-13-4-2-5-14(12-13)18-15(6-3-9-19-18)16-8-11-22-17(21-16)7-10-20-22;18-13-10-11(3-4-14(13)19)17-12(2-1-7-20-17)15-6-9-23-16(22-15)5-8-21-23;18-12-9-14(20)13(19)8-11(12)17-10(2-1-5-21-17)15-4-7-24-16(23-15)3-6-22-24/h1-5,8-14H,6-7H2;1-11H;2-11H,1H3;2-12H,1H3;1-10H;1-9H. The highest BCUT2D eigenvalue weighted by molar-refractivity contribution is 6.31. The monoisotopic (exact) mass is 1890 g/mol. The van der Waals surface area contributed by atoms with Crippen molar-refractivity contribution in [2.45, 2.75) is 38.8 Å². The molecule has 24 nitrogen and oxygen atoms in total. The van der Waals surface area contributed by atoms with Crippen LogP contribution in [-0.2, 0) is 6.18 Å². The van der Waals surface area contributed by atoms with E-state index in [1.165, 1.54) is 48.4 Å². The van der Waals surface area contributed by atoms with Gasteiger partial charge in [-0.3, -0.25) is 29.9 Å². The highest BCUT2D eigenvalue weighted by atomic mass is 35.5. The van der Waals surface area contributed by atoms with Crippen molar-refractivity contribution in [2.75, 3.05) is 0 Å². The van der Waals surface area contributed by atoms with Gasteiger partial charge in [-0.1, -0.05) is 65.7 Å². The topological polar surface area (TPSA) is 258 Å². The maximum atomic E-state index is 14.1. The largest absolute Gasteiger partial charge is 0.416 e. The molecule has 0 spiro atoms. The molecule has 0 bridgehead atoms. The first-order valence-corrected chi connectivity index (χ1v) is 44.4. The number of pyridine rings is 6. The minimum absolute atomic E-state index is 0.0679. The number of alkyl halides is 3. The fourth-order valence-electron chi connectivity index (χ4n) is 15.9. The fraction of sp³-hybridized carbons (Fsp3) is 0.0556. The van der Waals surface area contributed by atoms with Gasteiger partial charge in [0.15, 0.2) is 45.5 Å². The zero-order valence-electron chi connectivity index (χ0n) is 74.4. The molecule has 25 rings (SSSR count). The first kappa shape index (κ1) is 90.5. The van der Waals surface area contributed by atoms with E-state index in [4.69, 9.17) is 16.6 Å². The first-order valence-electron chi connectivity index (χ1n) is 44.1. The Morgan fingerprint density at radius 1 is 0.262 bits per heavy atom. The summed E-state index contributed by atoms with van der Waals surface area (Å²) in [7, 11) is 0. The number of halogens is 9. The predicted molar refractivity (Wildman–Crippen MR) is 521 cm³/mol.